The molecule has 0 spiro atoms. The highest BCUT2D eigenvalue weighted by molar-refractivity contribution is 5.98. The van der Waals surface area contributed by atoms with Gasteiger partial charge in [0, 0.05) is 26.8 Å². The fraction of sp³-hybridized carbons (Fsp3) is 0.360. The third-order valence-electron chi connectivity index (χ3n) is 6.36. The zero-order chi connectivity index (χ0) is 26.1. The van der Waals surface area contributed by atoms with Crippen molar-refractivity contribution in [2.45, 2.75) is 19.9 Å². The van der Waals surface area contributed by atoms with Gasteiger partial charge in [-0.25, -0.2) is 24.7 Å². The van der Waals surface area contributed by atoms with E-state index >= 15 is 0 Å². The van der Waals surface area contributed by atoms with E-state index in [9.17, 15) is 4.79 Å². The van der Waals surface area contributed by atoms with E-state index < -0.39 is 5.97 Å². The van der Waals surface area contributed by atoms with E-state index in [-0.39, 0.29) is 17.6 Å². The van der Waals surface area contributed by atoms with Gasteiger partial charge in [0.15, 0.2) is 17.3 Å². The highest BCUT2D eigenvalue weighted by Gasteiger charge is 2.24. The average molecular weight is 504 g/mol. The molecule has 0 bridgehead atoms. The van der Waals surface area contributed by atoms with Gasteiger partial charge in [0.05, 0.1) is 61.9 Å². The summed E-state index contributed by atoms with van der Waals surface area (Å²) in [6, 6.07) is 2.21. The molecule has 1 fully saturated rings. The second kappa shape index (κ2) is 9.97. The summed E-state index contributed by atoms with van der Waals surface area (Å²) in [7, 11) is 4.94. The number of nitrogens with zero attached hydrogens (tertiary/aromatic N) is 7. The lowest BCUT2D eigenvalue weighted by molar-refractivity contribution is 0.0595. The van der Waals surface area contributed by atoms with Crippen LogP contribution < -0.4 is 15.5 Å². The summed E-state index contributed by atoms with van der Waals surface area (Å²) in [6.07, 6.45) is 6.81. The first-order chi connectivity index (χ1) is 17.9. The summed E-state index contributed by atoms with van der Waals surface area (Å²) in [5.41, 5.74) is 4.32. The van der Waals surface area contributed by atoms with Crippen molar-refractivity contribution in [2.24, 2.45) is 7.05 Å². The summed E-state index contributed by atoms with van der Waals surface area (Å²) in [4.78, 5) is 37.9. The van der Waals surface area contributed by atoms with Crippen molar-refractivity contribution in [2.75, 3.05) is 49.4 Å². The quantitative estimate of drug-likeness (QED) is 0.376. The van der Waals surface area contributed by atoms with Gasteiger partial charge in [-0.05, 0) is 25.5 Å². The van der Waals surface area contributed by atoms with E-state index in [1.165, 1.54) is 7.11 Å². The summed E-state index contributed by atoms with van der Waals surface area (Å²) in [5.74, 6) is 0.986. The Morgan fingerprint density at radius 1 is 1.19 bits per heavy atom. The number of ether oxygens (including phenoxy) is 2. The first-order valence-electron chi connectivity index (χ1n) is 11.9. The van der Waals surface area contributed by atoms with Crippen LogP contribution in [0.3, 0.4) is 0 Å². The first-order valence-corrected chi connectivity index (χ1v) is 11.9. The van der Waals surface area contributed by atoms with E-state index in [4.69, 9.17) is 19.4 Å². The second-order valence-electron chi connectivity index (χ2n) is 8.88. The molecule has 0 radical (unpaired) electrons. The van der Waals surface area contributed by atoms with E-state index in [2.05, 4.69) is 37.4 Å². The Hall–Kier alpha value is -4.32. The van der Waals surface area contributed by atoms with Gasteiger partial charge in [-0.15, -0.1) is 0 Å². The molecule has 0 aliphatic carbocycles. The molecule has 0 unspecified atom stereocenters. The first kappa shape index (κ1) is 24.4. The number of methoxy groups -OCH3 is 1. The SMILES string of the molecule is CNc1nc(Nc2cnc(N3CCOC[C@@H]3C)c(C)c2)c(C(=O)OC)nc1-c1cncc2c1ncn2C. The molecule has 1 atom stereocenters. The third kappa shape index (κ3) is 4.51. The number of aromatic nitrogens is 6. The van der Waals surface area contributed by atoms with E-state index in [1.807, 2.05) is 24.6 Å². The Morgan fingerprint density at radius 2 is 2.03 bits per heavy atom. The molecule has 5 heterocycles. The zero-order valence-electron chi connectivity index (χ0n) is 21.4. The molecule has 0 amide bonds. The zero-order valence-corrected chi connectivity index (χ0v) is 21.4. The van der Waals surface area contributed by atoms with Gasteiger partial charge in [-0.3, -0.25) is 4.98 Å². The van der Waals surface area contributed by atoms with Crippen molar-refractivity contribution in [3.8, 4) is 11.3 Å². The summed E-state index contributed by atoms with van der Waals surface area (Å²) < 4.78 is 12.5. The smallest absolute Gasteiger partial charge is 0.360 e. The predicted molar refractivity (Wildman–Crippen MR) is 140 cm³/mol. The third-order valence-corrected chi connectivity index (χ3v) is 6.36. The minimum absolute atomic E-state index is 0.0352. The molecule has 4 aromatic rings. The van der Waals surface area contributed by atoms with Crippen LogP contribution in [0.4, 0.5) is 23.1 Å². The number of nitrogens with one attached hydrogen (secondary N) is 2. The fourth-order valence-corrected chi connectivity index (χ4v) is 4.46. The summed E-state index contributed by atoms with van der Waals surface area (Å²) >= 11 is 0. The molecule has 37 heavy (non-hydrogen) atoms. The minimum atomic E-state index is -0.622. The Morgan fingerprint density at radius 3 is 2.76 bits per heavy atom. The number of carbonyl (C=O) groups excluding carboxylic acids is 1. The van der Waals surface area contributed by atoms with Crippen LogP contribution in [-0.2, 0) is 16.5 Å². The molecule has 1 saturated heterocycles. The predicted octanol–water partition coefficient (Wildman–Crippen LogP) is 2.93. The number of hydrogen-bond acceptors (Lipinski definition) is 11. The lowest BCUT2D eigenvalue weighted by atomic mass is 10.1. The molecule has 1 aliphatic rings. The number of anilines is 4. The molecule has 192 valence electrons. The van der Waals surface area contributed by atoms with Crippen molar-refractivity contribution in [1.82, 2.24) is 29.5 Å². The number of esters is 1. The number of hydrogen-bond donors (Lipinski definition) is 2. The average Bonchev–Trinajstić information content (AvgIpc) is 3.29. The van der Waals surface area contributed by atoms with Crippen molar-refractivity contribution >= 4 is 40.1 Å². The number of pyridine rings is 2. The molecule has 0 saturated carbocycles. The normalized spacial score (nSPS) is 15.6. The Labute approximate surface area is 214 Å². The van der Waals surface area contributed by atoms with Crippen molar-refractivity contribution in [3.63, 3.8) is 0 Å². The molecular formula is C25H29N9O3. The van der Waals surface area contributed by atoms with Crippen LogP contribution in [0.25, 0.3) is 22.3 Å². The van der Waals surface area contributed by atoms with Gasteiger partial charge in [0.2, 0.25) is 0 Å². The standard InChI is InChI=1S/C25H29N9O3/c1-14-8-16(9-28-24(14)34-6-7-37-12-15(34)2)30-23-21(25(35)36-5)31-20(22(26-3)32-23)17-10-27-11-18-19(17)29-13-33(18)4/h8-11,13,15H,6-7,12H2,1-5H3,(H2,26,30,32)/t15-/m0/s1. The maximum absolute atomic E-state index is 12.8. The highest BCUT2D eigenvalue weighted by atomic mass is 16.5. The van der Waals surface area contributed by atoms with E-state index in [1.54, 1.807) is 32.0 Å². The maximum Gasteiger partial charge on any atom is 0.360 e. The molecule has 4 aromatic heterocycles. The number of carbonyl (C=O) groups is 1. The minimum Gasteiger partial charge on any atom is -0.464 e. The van der Waals surface area contributed by atoms with Crippen molar-refractivity contribution in [1.29, 1.82) is 0 Å². The lowest BCUT2D eigenvalue weighted by Crippen LogP contribution is -2.44. The summed E-state index contributed by atoms with van der Waals surface area (Å²) in [5, 5.41) is 6.29. The summed E-state index contributed by atoms with van der Waals surface area (Å²) in [6.45, 7) is 6.24. The number of aryl methyl sites for hydroxylation is 2. The Kier molecular flexibility index (Phi) is 6.57. The highest BCUT2D eigenvalue weighted by Crippen LogP contribution is 2.33. The lowest BCUT2D eigenvalue weighted by Gasteiger charge is -2.35. The van der Waals surface area contributed by atoms with Crippen molar-refractivity contribution < 1.29 is 14.3 Å². The molecule has 12 nitrogen and oxygen atoms in total. The maximum atomic E-state index is 12.8. The Balaban J connectivity index is 1.55. The van der Waals surface area contributed by atoms with Crippen LogP contribution in [0.5, 0.6) is 0 Å². The Bertz CT molecular complexity index is 1470. The van der Waals surface area contributed by atoms with Crippen LogP contribution in [0.2, 0.25) is 0 Å². The monoisotopic (exact) mass is 503 g/mol. The van der Waals surface area contributed by atoms with Gasteiger partial charge in [0.1, 0.15) is 17.0 Å². The molecule has 2 N–H and O–H groups in total. The van der Waals surface area contributed by atoms with Gasteiger partial charge < -0.3 is 29.6 Å². The molecular weight excluding hydrogens is 474 g/mol. The molecule has 12 heteroatoms. The number of rotatable bonds is 6. The van der Waals surface area contributed by atoms with Crippen LogP contribution in [0.1, 0.15) is 23.0 Å². The van der Waals surface area contributed by atoms with Gasteiger partial charge in [-0.2, -0.15) is 0 Å². The van der Waals surface area contributed by atoms with Gasteiger partial charge in [0.25, 0.3) is 0 Å². The molecule has 0 aromatic carbocycles. The van der Waals surface area contributed by atoms with Gasteiger partial charge in [-0.1, -0.05) is 0 Å². The van der Waals surface area contributed by atoms with Crippen LogP contribution in [-0.4, -0.2) is 75.4 Å². The molecule has 1 aliphatic heterocycles. The van der Waals surface area contributed by atoms with Crippen LogP contribution >= 0.6 is 0 Å². The number of imidazole rings is 1. The van der Waals surface area contributed by atoms with E-state index in [0.717, 1.165) is 23.4 Å². The van der Waals surface area contributed by atoms with E-state index in [0.29, 0.717) is 41.5 Å². The van der Waals surface area contributed by atoms with Crippen molar-refractivity contribution in [3.05, 3.63) is 42.2 Å². The van der Waals surface area contributed by atoms with Crippen LogP contribution in [0.15, 0.2) is 31.0 Å². The number of fused-ring (bicyclic) bond motifs is 1. The van der Waals surface area contributed by atoms with Gasteiger partial charge >= 0.3 is 5.97 Å². The topological polar surface area (TPSA) is 132 Å². The molecule has 5 rings (SSSR count). The second-order valence-corrected chi connectivity index (χ2v) is 8.88. The number of morpholine rings is 1. The van der Waals surface area contributed by atoms with Crippen LogP contribution in [0, 0.1) is 6.92 Å². The fourth-order valence-electron chi connectivity index (χ4n) is 4.46. The largest absolute Gasteiger partial charge is 0.464 e.